The van der Waals surface area contributed by atoms with Crippen molar-refractivity contribution < 1.29 is 33.0 Å². The van der Waals surface area contributed by atoms with Gasteiger partial charge in [0.2, 0.25) is 0 Å². The molecule has 13 nitrogen and oxygen atoms in total. The fourth-order valence-corrected chi connectivity index (χ4v) is 6.05. The lowest BCUT2D eigenvalue weighted by molar-refractivity contribution is -0.145. The minimum Gasteiger partial charge on any atom is -0.465 e. The number of benzene rings is 2. The highest BCUT2D eigenvalue weighted by Crippen LogP contribution is 2.49. The van der Waals surface area contributed by atoms with Gasteiger partial charge in [0.25, 0.3) is 5.56 Å². The third-order valence-corrected chi connectivity index (χ3v) is 8.58. The van der Waals surface area contributed by atoms with E-state index < -0.39 is 61.5 Å². The number of hydrogen-bond acceptors (Lipinski definition) is 10. The Morgan fingerprint density at radius 1 is 1.26 bits per heavy atom. The van der Waals surface area contributed by atoms with Crippen LogP contribution in [-0.2, 0) is 23.4 Å². The molecule has 0 bridgehead atoms. The molecule has 1 aromatic heterocycles. The molecule has 224 valence electrons. The maximum absolute atomic E-state index is 14.1. The van der Waals surface area contributed by atoms with Crippen LogP contribution in [0, 0.1) is 16.7 Å². The Bertz CT molecular complexity index is 1630. The lowest BCUT2D eigenvalue weighted by Crippen LogP contribution is -2.41. The van der Waals surface area contributed by atoms with Crippen LogP contribution in [0.25, 0.3) is 10.8 Å². The summed E-state index contributed by atoms with van der Waals surface area (Å²) in [7, 11) is -4.37. The summed E-state index contributed by atoms with van der Waals surface area (Å²) in [6.07, 6.45) is -1.44. The molecule has 4 rings (SSSR count). The van der Waals surface area contributed by atoms with E-state index in [-0.39, 0.29) is 12.4 Å². The molecule has 2 aromatic carbocycles. The number of nitrogens with zero attached hydrogens (tertiary/aromatic N) is 2. The molecule has 3 aromatic rings. The number of esters is 1. The number of aromatic nitrogens is 2. The number of fused-ring (bicyclic) bond motifs is 1. The van der Waals surface area contributed by atoms with Crippen molar-refractivity contribution in [2.75, 3.05) is 13.2 Å². The number of aliphatic hydroxyl groups excluding tert-OH is 1. The number of rotatable bonds is 12. The molecular weight excluding hydrogens is 567 g/mol. The van der Waals surface area contributed by atoms with Gasteiger partial charge in [-0.15, -0.1) is 0 Å². The number of unbranched alkanes of at least 4 members (excludes halogenated alkanes) is 1. The molecule has 14 heteroatoms. The molecule has 6 atom stereocenters. The van der Waals surface area contributed by atoms with Crippen molar-refractivity contribution in [3.8, 4) is 11.8 Å². The van der Waals surface area contributed by atoms with Crippen molar-refractivity contribution in [2.45, 2.75) is 58.1 Å². The Kier molecular flexibility index (Phi) is 9.66. The van der Waals surface area contributed by atoms with E-state index in [1.807, 2.05) is 31.2 Å². The van der Waals surface area contributed by atoms with E-state index in [2.05, 4.69) is 10.1 Å². The van der Waals surface area contributed by atoms with Crippen molar-refractivity contribution in [1.29, 1.82) is 5.26 Å². The number of nitrogens with one attached hydrogen (secondary N) is 2. The van der Waals surface area contributed by atoms with Gasteiger partial charge < -0.3 is 19.1 Å². The van der Waals surface area contributed by atoms with Crippen LogP contribution in [0.5, 0.6) is 5.75 Å². The van der Waals surface area contributed by atoms with Gasteiger partial charge in [0.1, 0.15) is 29.4 Å². The fourth-order valence-electron chi connectivity index (χ4n) is 4.53. The zero-order valence-electron chi connectivity index (χ0n) is 23.4. The third-order valence-electron chi connectivity index (χ3n) is 6.95. The average molecular weight is 601 g/mol. The summed E-state index contributed by atoms with van der Waals surface area (Å²) in [5.41, 5.74) is -3.14. The number of hydrogen-bond donors (Lipinski definition) is 3. The summed E-state index contributed by atoms with van der Waals surface area (Å²) in [5, 5.41) is 25.0. The van der Waals surface area contributed by atoms with Crippen LogP contribution in [0.1, 0.15) is 39.8 Å². The minimum atomic E-state index is -4.37. The van der Waals surface area contributed by atoms with Crippen LogP contribution in [0.2, 0.25) is 0 Å². The predicted molar refractivity (Wildman–Crippen MR) is 152 cm³/mol. The number of H-pyrrole nitrogens is 1. The lowest BCUT2D eigenvalue weighted by atomic mass is 9.84. The topological polar surface area (TPSA) is 182 Å². The quantitative estimate of drug-likeness (QED) is 0.158. The van der Waals surface area contributed by atoms with Crippen molar-refractivity contribution in [3.05, 3.63) is 75.6 Å². The van der Waals surface area contributed by atoms with E-state index in [0.29, 0.717) is 11.8 Å². The zero-order chi connectivity index (χ0) is 30.5. The molecule has 1 aliphatic rings. The number of aromatic amines is 1. The molecule has 1 aliphatic heterocycles. The number of aliphatic hydroxyl groups is 1. The summed E-state index contributed by atoms with van der Waals surface area (Å²) in [5.74, 6) is -0.455. The normalized spacial score (nSPS) is 24.0. The number of nitriles is 1. The summed E-state index contributed by atoms with van der Waals surface area (Å²) in [4.78, 5) is 38.6. The summed E-state index contributed by atoms with van der Waals surface area (Å²) >= 11 is 0. The van der Waals surface area contributed by atoms with E-state index >= 15 is 0 Å². The van der Waals surface area contributed by atoms with Gasteiger partial charge in [-0.2, -0.15) is 10.3 Å². The van der Waals surface area contributed by atoms with Gasteiger partial charge in [0, 0.05) is 17.6 Å². The highest BCUT2D eigenvalue weighted by molar-refractivity contribution is 7.52. The molecular formula is C28H33N4O9P. The molecule has 1 saturated heterocycles. The van der Waals surface area contributed by atoms with Crippen LogP contribution >= 0.6 is 7.75 Å². The first-order valence-corrected chi connectivity index (χ1v) is 15.0. The SMILES string of the molecule is CCCCOC(=O)C(C)NP(=O)(OCC1OC(n2ccc(=O)[nH]c2=O)C(C)(C#N)C1O)Oc1cccc2ccccc12. The smallest absolute Gasteiger partial charge is 0.459 e. The first-order chi connectivity index (χ1) is 20.0. The second-order valence-electron chi connectivity index (χ2n) is 10.1. The first kappa shape index (κ1) is 31.2. The largest absolute Gasteiger partial charge is 0.465 e. The fraction of sp³-hybridized carbons (Fsp3) is 0.429. The van der Waals surface area contributed by atoms with E-state index in [1.54, 1.807) is 24.3 Å². The Hall–Kier alpha value is -3.79. The van der Waals surface area contributed by atoms with Gasteiger partial charge >= 0.3 is 19.4 Å². The Morgan fingerprint density at radius 2 is 2.00 bits per heavy atom. The predicted octanol–water partition coefficient (Wildman–Crippen LogP) is 3.00. The highest BCUT2D eigenvalue weighted by atomic mass is 31.2. The lowest BCUT2D eigenvalue weighted by Gasteiger charge is -2.26. The van der Waals surface area contributed by atoms with Crippen molar-refractivity contribution in [1.82, 2.24) is 14.6 Å². The van der Waals surface area contributed by atoms with Crippen LogP contribution in [0.4, 0.5) is 0 Å². The second-order valence-corrected chi connectivity index (χ2v) is 11.8. The van der Waals surface area contributed by atoms with Gasteiger partial charge in [-0.25, -0.2) is 9.36 Å². The van der Waals surface area contributed by atoms with E-state index in [4.69, 9.17) is 18.5 Å². The molecule has 3 N–H and O–H groups in total. The highest BCUT2D eigenvalue weighted by Gasteiger charge is 2.55. The van der Waals surface area contributed by atoms with E-state index in [9.17, 15) is 29.3 Å². The maximum atomic E-state index is 14.1. The van der Waals surface area contributed by atoms with Crippen molar-refractivity contribution in [3.63, 3.8) is 0 Å². The molecule has 1 fully saturated rings. The zero-order valence-corrected chi connectivity index (χ0v) is 24.3. The molecule has 2 heterocycles. The van der Waals surface area contributed by atoms with Crippen molar-refractivity contribution in [2.24, 2.45) is 5.41 Å². The van der Waals surface area contributed by atoms with Gasteiger partial charge in [0.15, 0.2) is 6.23 Å². The molecule has 0 aliphatic carbocycles. The van der Waals surface area contributed by atoms with E-state index in [1.165, 1.54) is 13.8 Å². The molecule has 0 saturated carbocycles. The molecule has 0 radical (unpaired) electrons. The van der Waals surface area contributed by atoms with Gasteiger partial charge in [-0.3, -0.25) is 23.7 Å². The first-order valence-electron chi connectivity index (χ1n) is 13.4. The Morgan fingerprint density at radius 3 is 2.71 bits per heavy atom. The Labute approximate surface area is 241 Å². The molecule has 0 amide bonds. The second kappa shape index (κ2) is 13.0. The average Bonchev–Trinajstić information content (AvgIpc) is 3.22. The third kappa shape index (κ3) is 6.64. The van der Waals surface area contributed by atoms with E-state index in [0.717, 1.165) is 28.6 Å². The van der Waals surface area contributed by atoms with Crippen molar-refractivity contribution >= 4 is 24.5 Å². The standard InChI is InChI=1S/C28H33N4O9P/c1-4-5-15-38-25(35)18(2)31-42(37,41-21-12-8-10-19-9-6-7-11-20(19)21)39-16-22-24(34)28(3,17-29)26(40-22)32-14-13-23(33)30-27(32)36/h6-14,18,22,24,26,34H,4-5,15-16H2,1-3H3,(H,31,37)(H,30,33,36). The maximum Gasteiger partial charge on any atom is 0.459 e. The number of carbonyl (C=O) groups excluding carboxylic acids is 1. The number of carbonyl (C=O) groups is 1. The summed E-state index contributed by atoms with van der Waals surface area (Å²) in [6, 6.07) is 14.3. The van der Waals surface area contributed by atoms with Gasteiger partial charge in [-0.05, 0) is 31.7 Å². The summed E-state index contributed by atoms with van der Waals surface area (Å²) in [6.45, 7) is 4.42. The van der Waals surface area contributed by atoms with Crippen LogP contribution in [0.15, 0.2) is 64.3 Å². The van der Waals surface area contributed by atoms with Gasteiger partial charge in [0.05, 0.1) is 19.3 Å². The molecule has 0 spiro atoms. The number of ether oxygens (including phenoxy) is 2. The molecule has 6 unspecified atom stereocenters. The monoisotopic (exact) mass is 600 g/mol. The van der Waals surface area contributed by atoms with Crippen LogP contribution in [0.3, 0.4) is 0 Å². The minimum absolute atomic E-state index is 0.192. The molecule has 42 heavy (non-hydrogen) atoms. The van der Waals surface area contributed by atoms with Gasteiger partial charge in [-0.1, -0.05) is 49.7 Å². The van der Waals surface area contributed by atoms with Crippen LogP contribution in [-0.4, -0.2) is 52.1 Å². The summed E-state index contributed by atoms with van der Waals surface area (Å²) < 4.78 is 37.9. The van der Waals surface area contributed by atoms with Crippen LogP contribution < -0.4 is 20.9 Å². The Balaban J connectivity index is 1.60.